The molecule has 1 saturated heterocycles. The molecule has 1 aliphatic rings. The highest BCUT2D eigenvalue weighted by Crippen LogP contribution is 2.34. The SMILES string of the molecule is CCCCOC(=O)CN1CCN(C(c2ccccc2)c2cccc(C(F)(F)F)c2)CC1. The van der Waals surface area contributed by atoms with Gasteiger partial charge in [-0.25, -0.2) is 0 Å². The third-order valence-electron chi connectivity index (χ3n) is 5.53. The number of nitrogens with zero attached hydrogens (tertiary/aromatic N) is 2. The molecule has 1 heterocycles. The molecule has 3 rings (SSSR count). The third-order valence-corrected chi connectivity index (χ3v) is 5.53. The van der Waals surface area contributed by atoms with E-state index in [0.29, 0.717) is 38.3 Å². The number of piperazine rings is 1. The zero-order valence-corrected chi connectivity index (χ0v) is 17.8. The second kappa shape index (κ2) is 10.8. The van der Waals surface area contributed by atoms with Gasteiger partial charge in [0, 0.05) is 26.2 Å². The maximum Gasteiger partial charge on any atom is 0.416 e. The summed E-state index contributed by atoms with van der Waals surface area (Å²) in [6.45, 7) is 5.35. The molecule has 0 bridgehead atoms. The van der Waals surface area contributed by atoms with Gasteiger partial charge in [0.05, 0.1) is 24.8 Å². The van der Waals surface area contributed by atoms with Crippen molar-refractivity contribution >= 4 is 5.97 Å². The number of esters is 1. The van der Waals surface area contributed by atoms with E-state index < -0.39 is 11.7 Å². The molecule has 1 fully saturated rings. The Morgan fingerprint density at radius 3 is 2.32 bits per heavy atom. The van der Waals surface area contributed by atoms with E-state index in [-0.39, 0.29) is 18.6 Å². The van der Waals surface area contributed by atoms with Crippen molar-refractivity contribution in [3.63, 3.8) is 0 Å². The minimum atomic E-state index is -4.38. The molecule has 2 aromatic rings. The van der Waals surface area contributed by atoms with Gasteiger partial charge in [-0.3, -0.25) is 14.6 Å². The lowest BCUT2D eigenvalue weighted by Crippen LogP contribution is -2.49. The van der Waals surface area contributed by atoms with E-state index in [1.54, 1.807) is 6.07 Å². The second-order valence-electron chi connectivity index (χ2n) is 7.82. The number of hydrogen-bond acceptors (Lipinski definition) is 4. The number of halogens is 3. The fourth-order valence-electron chi connectivity index (χ4n) is 3.87. The summed E-state index contributed by atoms with van der Waals surface area (Å²) < 4.78 is 45.1. The van der Waals surface area contributed by atoms with Crippen molar-refractivity contribution in [2.45, 2.75) is 32.0 Å². The summed E-state index contributed by atoms with van der Waals surface area (Å²) in [6.07, 6.45) is -2.55. The first kappa shape index (κ1) is 23.3. The molecular formula is C24H29F3N2O2. The number of hydrogen-bond donors (Lipinski definition) is 0. The van der Waals surface area contributed by atoms with Gasteiger partial charge in [0.1, 0.15) is 0 Å². The lowest BCUT2D eigenvalue weighted by Gasteiger charge is -2.39. The fourth-order valence-corrected chi connectivity index (χ4v) is 3.87. The third kappa shape index (κ3) is 6.55. The van der Waals surface area contributed by atoms with Crippen LogP contribution in [0.25, 0.3) is 0 Å². The van der Waals surface area contributed by atoms with Crippen molar-refractivity contribution in [3.05, 3.63) is 71.3 Å². The highest BCUT2D eigenvalue weighted by molar-refractivity contribution is 5.71. The summed E-state index contributed by atoms with van der Waals surface area (Å²) in [7, 11) is 0. The van der Waals surface area contributed by atoms with Crippen molar-refractivity contribution in [1.82, 2.24) is 9.80 Å². The lowest BCUT2D eigenvalue weighted by atomic mass is 9.95. The van der Waals surface area contributed by atoms with Crippen LogP contribution in [0.4, 0.5) is 13.2 Å². The largest absolute Gasteiger partial charge is 0.465 e. The molecule has 0 aliphatic carbocycles. The van der Waals surface area contributed by atoms with Gasteiger partial charge in [0.15, 0.2) is 0 Å². The van der Waals surface area contributed by atoms with Crippen LogP contribution in [0.1, 0.15) is 42.5 Å². The molecule has 1 aliphatic heterocycles. The molecule has 0 spiro atoms. The summed E-state index contributed by atoms with van der Waals surface area (Å²) in [5.41, 5.74) is 0.932. The highest BCUT2D eigenvalue weighted by atomic mass is 19.4. The van der Waals surface area contributed by atoms with Crippen LogP contribution >= 0.6 is 0 Å². The molecular weight excluding hydrogens is 405 g/mol. The number of alkyl halides is 3. The van der Waals surface area contributed by atoms with Crippen molar-refractivity contribution < 1.29 is 22.7 Å². The Kier molecular flexibility index (Phi) is 8.09. The first-order chi connectivity index (χ1) is 14.9. The maximum atomic E-state index is 13.3. The van der Waals surface area contributed by atoms with Gasteiger partial charge in [-0.2, -0.15) is 13.2 Å². The molecule has 0 aromatic heterocycles. The van der Waals surface area contributed by atoms with Gasteiger partial charge in [0.25, 0.3) is 0 Å². The maximum absolute atomic E-state index is 13.3. The molecule has 1 unspecified atom stereocenters. The summed E-state index contributed by atoms with van der Waals surface area (Å²) in [6, 6.07) is 14.9. The molecule has 31 heavy (non-hydrogen) atoms. The number of unbranched alkanes of at least 4 members (excludes halogenated alkanes) is 1. The minimum absolute atomic E-state index is 0.223. The van der Waals surface area contributed by atoms with E-state index >= 15 is 0 Å². The topological polar surface area (TPSA) is 32.8 Å². The van der Waals surface area contributed by atoms with Crippen LogP contribution in [0, 0.1) is 0 Å². The van der Waals surface area contributed by atoms with Crippen LogP contribution < -0.4 is 0 Å². The zero-order chi connectivity index (χ0) is 22.3. The van der Waals surface area contributed by atoms with Crippen molar-refractivity contribution in [2.75, 3.05) is 39.3 Å². The van der Waals surface area contributed by atoms with Crippen molar-refractivity contribution in [1.29, 1.82) is 0 Å². The number of carbonyl (C=O) groups is 1. The molecule has 1 atom stereocenters. The van der Waals surface area contributed by atoms with E-state index in [1.807, 2.05) is 42.2 Å². The zero-order valence-electron chi connectivity index (χ0n) is 17.8. The predicted molar refractivity (Wildman–Crippen MR) is 114 cm³/mol. The summed E-state index contributed by atoms with van der Waals surface area (Å²) in [5.74, 6) is -0.223. The quantitative estimate of drug-likeness (QED) is 0.443. The number of benzene rings is 2. The van der Waals surface area contributed by atoms with Gasteiger partial charge in [-0.15, -0.1) is 0 Å². The van der Waals surface area contributed by atoms with Crippen LogP contribution in [0.15, 0.2) is 54.6 Å². The highest BCUT2D eigenvalue weighted by Gasteiger charge is 2.33. The number of ether oxygens (including phenoxy) is 1. The van der Waals surface area contributed by atoms with Crippen LogP contribution in [-0.2, 0) is 15.7 Å². The lowest BCUT2D eigenvalue weighted by molar-refractivity contribution is -0.145. The Labute approximate surface area is 181 Å². The van der Waals surface area contributed by atoms with Gasteiger partial charge in [-0.05, 0) is 29.7 Å². The summed E-state index contributed by atoms with van der Waals surface area (Å²) >= 11 is 0. The molecule has 7 heteroatoms. The van der Waals surface area contributed by atoms with E-state index in [2.05, 4.69) is 4.90 Å². The predicted octanol–water partition coefficient (Wildman–Crippen LogP) is 4.76. The summed E-state index contributed by atoms with van der Waals surface area (Å²) in [4.78, 5) is 16.2. The molecule has 0 radical (unpaired) electrons. The molecule has 0 amide bonds. The summed E-state index contributed by atoms with van der Waals surface area (Å²) in [5, 5.41) is 0. The van der Waals surface area contributed by atoms with Gasteiger partial charge >= 0.3 is 12.1 Å². The molecule has 0 saturated carbocycles. The first-order valence-corrected chi connectivity index (χ1v) is 10.7. The van der Waals surface area contributed by atoms with E-state index in [0.717, 1.165) is 24.5 Å². The monoisotopic (exact) mass is 434 g/mol. The van der Waals surface area contributed by atoms with Gasteiger partial charge in [0.2, 0.25) is 0 Å². The van der Waals surface area contributed by atoms with Gasteiger partial charge in [-0.1, -0.05) is 55.8 Å². The van der Waals surface area contributed by atoms with E-state index in [4.69, 9.17) is 4.74 Å². The Balaban J connectivity index is 1.72. The van der Waals surface area contributed by atoms with E-state index in [1.165, 1.54) is 12.1 Å². The minimum Gasteiger partial charge on any atom is -0.465 e. The van der Waals surface area contributed by atoms with Gasteiger partial charge < -0.3 is 4.74 Å². The molecule has 4 nitrogen and oxygen atoms in total. The molecule has 0 N–H and O–H groups in total. The Morgan fingerprint density at radius 2 is 1.68 bits per heavy atom. The van der Waals surface area contributed by atoms with Crippen LogP contribution in [0.3, 0.4) is 0 Å². The van der Waals surface area contributed by atoms with Crippen molar-refractivity contribution in [3.8, 4) is 0 Å². The average molecular weight is 435 g/mol. The fraction of sp³-hybridized carbons (Fsp3) is 0.458. The Morgan fingerprint density at radius 1 is 1.00 bits per heavy atom. The van der Waals surface area contributed by atoms with E-state index in [9.17, 15) is 18.0 Å². The second-order valence-corrected chi connectivity index (χ2v) is 7.82. The number of rotatable bonds is 8. The van der Waals surface area contributed by atoms with Crippen LogP contribution in [-0.4, -0.2) is 55.1 Å². The first-order valence-electron chi connectivity index (χ1n) is 10.7. The normalized spacial score (nSPS) is 16.8. The molecule has 2 aromatic carbocycles. The number of carbonyl (C=O) groups excluding carboxylic acids is 1. The van der Waals surface area contributed by atoms with Crippen molar-refractivity contribution in [2.24, 2.45) is 0 Å². The standard InChI is InChI=1S/C24H29F3N2O2/c1-2-3-16-31-22(30)18-28-12-14-29(15-13-28)23(19-8-5-4-6-9-19)20-10-7-11-21(17-20)24(25,26)27/h4-11,17,23H,2-3,12-16,18H2,1H3. The smallest absolute Gasteiger partial charge is 0.416 e. The molecule has 168 valence electrons. The van der Waals surface area contributed by atoms with Crippen LogP contribution in [0.2, 0.25) is 0 Å². The average Bonchev–Trinajstić information content (AvgIpc) is 2.76. The van der Waals surface area contributed by atoms with Crippen LogP contribution in [0.5, 0.6) is 0 Å². The Hall–Kier alpha value is -2.38. The Bertz CT molecular complexity index is 834.